The van der Waals surface area contributed by atoms with Gasteiger partial charge in [0.1, 0.15) is 0 Å². The number of carbonyl (C=O) groups is 1. The molecule has 2 fully saturated rings. The Morgan fingerprint density at radius 1 is 1.33 bits per heavy atom. The highest BCUT2D eigenvalue weighted by Gasteiger charge is 2.16. The molecule has 2 heterocycles. The maximum Gasteiger partial charge on any atom is 0.248 e. The van der Waals surface area contributed by atoms with Crippen LogP contribution < -0.4 is 16.1 Å². The Hall–Kier alpha value is -0.650. The number of nitrogens with one attached hydrogen (secondary N) is 3. The van der Waals surface area contributed by atoms with Gasteiger partial charge in [-0.2, -0.15) is 0 Å². The van der Waals surface area contributed by atoms with E-state index in [1.54, 1.807) is 0 Å². The molecular weight excluding hydrogens is 192 g/mol. The maximum atomic E-state index is 11.5. The van der Waals surface area contributed by atoms with Gasteiger partial charge in [0.15, 0.2) is 0 Å². The highest BCUT2D eigenvalue weighted by atomic mass is 16.2. The van der Waals surface area contributed by atoms with Gasteiger partial charge in [0, 0.05) is 13.1 Å². The van der Waals surface area contributed by atoms with E-state index in [-0.39, 0.29) is 5.91 Å². The van der Waals surface area contributed by atoms with Crippen molar-refractivity contribution in [2.24, 2.45) is 0 Å². The molecule has 5 nitrogen and oxygen atoms in total. The molecule has 1 amide bonds. The molecule has 0 saturated carbocycles. The number of carbonyl (C=O) groups excluding carboxylic acids is 1. The third-order valence-corrected chi connectivity index (χ3v) is 2.96. The Balaban J connectivity index is 1.59. The molecule has 0 aromatic heterocycles. The lowest BCUT2D eigenvalue weighted by molar-refractivity contribution is -0.124. The van der Waals surface area contributed by atoms with Gasteiger partial charge in [-0.15, -0.1) is 0 Å². The normalized spacial score (nSPS) is 27.1. The predicted molar refractivity (Wildman–Crippen MR) is 58.0 cm³/mol. The monoisotopic (exact) mass is 212 g/mol. The van der Waals surface area contributed by atoms with Crippen LogP contribution in [0.25, 0.3) is 0 Å². The molecule has 2 saturated heterocycles. The zero-order valence-electron chi connectivity index (χ0n) is 9.09. The second-order valence-corrected chi connectivity index (χ2v) is 4.26. The molecule has 86 valence electrons. The maximum absolute atomic E-state index is 11.5. The summed E-state index contributed by atoms with van der Waals surface area (Å²) in [6.45, 7) is 3.46. The molecule has 5 heteroatoms. The van der Waals surface area contributed by atoms with Crippen LogP contribution in [0.5, 0.6) is 0 Å². The second-order valence-electron chi connectivity index (χ2n) is 4.26. The highest BCUT2D eigenvalue weighted by molar-refractivity contribution is 5.77. The molecule has 15 heavy (non-hydrogen) atoms. The molecule has 3 N–H and O–H groups in total. The Morgan fingerprint density at radius 2 is 2.13 bits per heavy atom. The summed E-state index contributed by atoms with van der Waals surface area (Å²) in [4.78, 5) is 11.5. The molecule has 1 unspecified atom stereocenters. The first-order valence-electron chi connectivity index (χ1n) is 5.86. The van der Waals surface area contributed by atoms with Crippen molar-refractivity contribution in [2.75, 3.05) is 26.2 Å². The van der Waals surface area contributed by atoms with Crippen LogP contribution in [0.4, 0.5) is 0 Å². The first kappa shape index (κ1) is 10.9. The summed E-state index contributed by atoms with van der Waals surface area (Å²) in [5.74, 6) is 0.0746. The van der Waals surface area contributed by atoms with Crippen LogP contribution in [-0.2, 0) is 4.79 Å². The standard InChI is InChI=1S/C10H20N4O/c15-10(13-14-6-1-2-7-14)8-12-9-4-3-5-11-9/h9,11-12H,1-8H2,(H,13,15). The van der Waals surface area contributed by atoms with Crippen LogP contribution >= 0.6 is 0 Å². The Kier molecular flexibility index (Phi) is 3.94. The van der Waals surface area contributed by atoms with Gasteiger partial charge in [-0.3, -0.25) is 15.5 Å². The molecule has 0 spiro atoms. The van der Waals surface area contributed by atoms with Gasteiger partial charge in [0.25, 0.3) is 0 Å². The zero-order valence-corrected chi connectivity index (χ0v) is 9.09. The first-order chi connectivity index (χ1) is 7.34. The summed E-state index contributed by atoms with van der Waals surface area (Å²) in [6, 6.07) is 0. The van der Waals surface area contributed by atoms with Crippen molar-refractivity contribution in [1.29, 1.82) is 0 Å². The molecule has 0 bridgehead atoms. The summed E-state index contributed by atoms with van der Waals surface area (Å²) in [5.41, 5.74) is 2.91. The topological polar surface area (TPSA) is 56.4 Å². The number of rotatable bonds is 4. The van der Waals surface area contributed by atoms with Crippen molar-refractivity contribution in [3.63, 3.8) is 0 Å². The summed E-state index contributed by atoms with van der Waals surface area (Å²) < 4.78 is 0. The molecule has 0 aromatic carbocycles. The summed E-state index contributed by atoms with van der Waals surface area (Å²) in [5, 5.41) is 8.51. The lowest BCUT2D eigenvalue weighted by atomic mass is 10.3. The molecule has 0 aliphatic carbocycles. The van der Waals surface area contributed by atoms with E-state index in [4.69, 9.17) is 0 Å². The van der Waals surface area contributed by atoms with Gasteiger partial charge in [0.05, 0.1) is 12.7 Å². The van der Waals surface area contributed by atoms with Gasteiger partial charge in [-0.05, 0) is 32.2 Å². The molecule has 2 rings (SSSR count). The van der Waals surface area contributed by atoms with Gasteiger partial charge in [0.2, 0.25) is 5.91 Å². The van der Waals surface area contributed by atoms with Crippen molar-refractivity contribution in [3.05, 3.63) is 0 Å². The molecule has 2 aliphatic rings. The molecular formula is C10H20N4O. The van der Waals surface area contributed by atoms with Crippen molar-refractivity contribution < 1.29 is 4.79 Å². The number of hydrogen-bond acceptors (Lipinski definition) is 4. The predicted octanol–water partition coefficient (Wildman–Crippen LogP) is -0.587. The number of hydrogen-bond donors (Lipinski definition) is 3. The zero-order chi connectivity index (χ0) is 10.5. The average Bonchev–Trinajstić information content (AvgIpc) is 2.86. The molecule has 1 atom stereocenters. The molecule has 0 aromatic rings. The van der Waals surface area contributed by atoms with Crippen molar-refractivity contribution in [1.82, 2.24) is 21.1 Å². The van der Waals surface area contributed by atoms with Crippen LogP contribution in [0.1, 0.15) is 25.7 Å². The van der Waals surface area contributed by atoms with Crippen LogP contribution in [0, 0.1) is 0 Å². The van der Waals surface area contributed by atoms with Crippen molar-refractivity contribution in [2.45, 2.75) is 31.8 Å². The fourth-order valence-corrected chi connectivity index (χ4v) is 2.12. The van der Waals surface area contributed by atoms with E-state index >= 15 is 0 Å². The first-order valence-corrected chi connectivity index (χ1v) is 5.86. The number of hydrazine groups is 1. The van der Waals surface area contributed by atoms with E-state index in [9.17, 15) is 4.79 Å². The minimum absolute atomic E-state index is 0.0746. The fraction of sp³-hybridized carbons (Fsp3) is 0.900. The smallest absolute Gasteiger partial charge is 0.248 e. The largest absolute Gasteiger partial charge is 0.302 e. The highest BCUT2D eigenvalue weighted by Crippen LogP contribution is 2.03. The Bertz CT molecular complexity index is 209. The van der Waals surface area contributed by atoms with Crippen molar-refractivity contribution in [3.8, 4) is 0 Å². The van der Waals surface area contributed by atoms with Gasteiger partial charge in [-0.25, -0.2) is 5.01 Å². The summed E-state index contributed by atoms with van der Waals surface area (Å²) in [7, 11) is 0. The van der Waals surface area contributed by atoms with E-state index in [1.165, 1.54) is 19.3 Å². The number of amides is 1. The van der Waals surface area contributed by atoms with Gasteiger partial charge >= 0.3 is 0 Å². The van der Waals surface area contributed by atoms with Crippen LogP contribution in [0.2, 0.25) is 0 Å². The average molecular weight is 212 g/mol. The number of nitrogens with zero attached hydrogens (tertiary/aromatic N) is 1. The van der Waals surface area contributed by atoms with E-state index in [0.29, 0.717) is 12.7 Å². The third kappa shape index (κ3) is 3.44. The van der Waals surface area contributed by atoms with Crippen LogP contribution in [-0.4, -0.2) is 43.3 Å². The second kappa shape index (κ2) is 5.44. The van der Waals surface area contributed by atoms with E-state index < -0.39 is 0 Å². The van der Waals surface area contributed by atoms with Crippen molar-refractivity contribution >= 4 is 5.91 Å². The van der Waals surface area contributed by atoms with Crippen LogP contribution in [0.3, 0.4) is 0 Å². The van der Waals surface area contributed by atoms with E-state index in [0.717, 1.165) is 26.1 Å². The lowest BCUT2D eigenvalue weighted by Gasteiger charge is -2.18. The fourth-order valence-electron chi connectivity index (χ4n) is 2.12. The SMILES string of the molecule is O=C(CNC1CCCN1)NN1CCCC1. The minimum Gasteiger partial charge on any atom is -0.302 e. The van der Waals surface area contributed by atoms with Crippen LogP contribution in [0.15, 0.2) is 0 Å². The third-order valence-electron chi connectivity index (χ3n) is 2.96. The molecule has 0 radical (unpaired) electrons. The van der Waals surface area contributed by atoms with Gasteiger partial charge < -0.3 is 5.32 Å². The quantitative estimate of drug-likeness (QED) is 0.583. The van der Waals surface area contributed by atoms with E-state index in [1.807, 2.05) is 5.01 Å². The summed E-state index contributed by atoms with van der Waals surface area (Å²) >= 11 is 0. The Labute approximate surface area is 90.6 Å². The van der Waals surface area contributed by atoms with Gasteiger partial charge in [-0.1, -0.05) is 0 Å². The Morgan fingerprint density at radius 3 is 2.80 bits per heavy atom. The molecule has 2 aliphatic heterocycles. The van der Waals surface area contributed by atoms with E-state index in [2.05, 4.69) is 16.1 Å². The lowest BCUT2D eigenvalue weighted by Crippen LogP contribution is -2.48. The minimum atomic E-state index is 0.0746. The summed E-state index contributed by atoms with van der Waals surface area (Å²) in [6.07, 6.45) is 5.03.